The number of halogens is 2. The van der Waals surface area contributed by atoms with Crippen molar-refractivity contribution in [3.05, 3.63) is 23.9 Å². The fourth-order valence-corrected chi connectivity index (χ4v) is 1.98. The van der Waals surface area contributed by atoms with E-state index in [1.807, 2.05) is 19.2 Å². The van der Waals surface area contributed by atoms with Crippen molar-refractivity contribution in [1.82, 2.24) is 15.6 Å². The molecule has 0 saturated carbocycles. The Kier molecular flexibility index (Phi) is 14.4. The molecule has 1 rings (SSSR count). The molecule has 0 saturated heterocycles. The van der Waals surface area contributed by atoms with E-state index in [0.717, 1.165) is 38.3 Å². The van der Waals surface area contributed by atoms with Crippen LogP contribution in [0.4, 0.5) is 5.82 Å². The fourth-order valence-electron chi connectivity index (χ4n) is 1.98. The Bertz CT molecular complexity index is 401. The number of hydrogen-bond donors (Lipinski definition) is 2. The molecule has 0 aliphatic heterocycles. The number of carbonyl (C=O) groups is 1. The van der Waals surface area contributed by atoms with Crippen LogP contribution in [0, 0.1) is 0 Å². The van der Waals surface area contributed by atoms with Crippen LogP contribution in [0.2, 0.25) is 0 Å². The molecule has 0 aliphatic carbocycles. The Balaban J connectivity index is 0. The van der Waals surface area contributed by atoms with Crippen molar-refractivity contribution in [1.29, 1.82) is 0 Å². The zero-order chi connectivity index (χ0) is 14.8. The number of carbonyl (C=O) groups excluding carboxylic acids is 1. The van der Waals surface area contributed by atoms with E-state index in [1.165, 1.54) is 0 Å². The molecule has 0 bridgehead atoms. The SMILES string of the molecule is CCCN(CC)c1ccc(C(=O)NCCCNC)cn1.Cl.Cl. The maximum Gasteiger partial charge on any atom is 0.252 e. The highest BCUT2D eigenvalue weighted by Crippen LogP contribution is 2.11. The molecule has 0 spiro atoms. The quantitative estimate of drug-likeness (QED) is 0.671. The van der Waals surface area contributed by atoms with E-state index in [0.29, 0.717) is 12.1 Å². The minimum Gasteiger partial charge on any atom is -0.357 e. The van der Waals surface area contributed by atoms with Gasteiger partial charge in [0.25, 0.3) is 5.91 Å². The fraction of sp³-hybridized carbons (Fsp3) is 0.600. The van der Waals surface area contributed by atoms with Crippen LogP contribution in [0.1, 0.15) is 37.0 Å². The lowest BCUT2D eigenvalue weighted by Crippen LogP contribution is -2.27. The van der Waals surface area contributed by atoms with E-state index >= 15 is 0 Å². The summed E-state index contributed by atoms with van der Waals surface area (Å²) in [6, 6.07) is 3.76. The maximum atomic E-state index is 11.9. The standard InChI is InChI=1S/C15H26N4O.2ClH/c1-4-11-19(5-2)14-8-7-13(12-18-14)15(20)17-10-6-9-16-3;;/h7-8,12,16H,4-6,9-11H2,1-3H3,(H,17,20);2*1H. The second-order valence-electron chi connectivity index (χ2n) is 4.70. The molecule has 1 aromatic heterocycles. The lowest BCUT2D eigenvalue weighted by atomic mass is 10.2. The van der Waals surface area contributed by atoms with Crippen LogP contribution in [0.3, 0.4) is 0 Å². The molecular weight excluding hydrogens is 323 g/mol. The first-order chi connectivity index (χ1) is 9.72. The third-order valence-corrected chi connectivity index (χ3v) is 3.10. The largest absolute Gasteiger partial charge is 0.357 e. The molecule has 22 heavy (non-hydrogen) atoms. The van der Waals surface area contributed by atoms with Gasteiger partial charge in [-0.3, -0.25) is 4.79 Å². The average Bonchev–Trinajstić information content (AvgIpc) is 2.49. The van der Waals surface area contributed by atoms with E-state index < -0.39 is 0 Å². The van der Waals surface area contributed by atoms with E-state index in [1.54, 1.807) is 6.20 Å². The summed E-state index contributed by atoms with van der Waals surface area (Å²) in [4.78, 5) is 18.5. The molecule has 0 radical (unpaired) electrons. The molecular formula is C15H28Cl2N4O. The Labute approximate surface area is 146 Å². The first-order valence-electron chi connectivity index (χ1n) is 7.36. The van der Waals surface area contributed by atoms with Gasteiger partial charge in [-0.2, -0.15) is 0 Å². The van der Waals surface area contributed by atoms with Gasteiger partial charge in [0.05, 0.1) is 5.56 Å². The summed E-state index contributed by atoms with van der Waals surface area (Å²) in [5, 5.41) is 5.94. The molecule has 0 aliphatic rings. The molecule has 0 fully saturated rings. The Morgan fingerprint density at radius 1 is 1.23 bits per heavy atom. The summed E-state index contributed by atoms with van der Waals surface area (Å²) in [7, 11) is 1.90. The molecule has 0 unspecified atom stereocenters. The van der Waals surface area contributed by atoms with Gasteiger partial charge in [0.2, 0.25) is 0 Å². The van der Waals surface area contributed by atoms with Gasteiger partial charge >= 0.3 is 0 Å². The van der Waals surface area contributed by atoms with Gasteiger partial charge in [-0.05, 0) is 45.5 Å². The second-order valence-corrected chi connectivity index (χ2v) is 4.70. The highest BCUT2D eigenvalue weighted by molar-refractivity contribution is 5.94. The molecule has 0 aromatic carbocycles. The highest BCUT2D eigenvalue weighted by atomic mass is 35.5. The van der Waals surface area contributed by atoms with Gasteiger partial charge in [0, 0.05) is 25.8 Å². The minimum atomic E-state index is -0.0568. The third kappa shape index (κ3) is 7.82. The van der Waals surface area contributed by atoms with E-state index in [2.05, 4.69) is 34.4 Å². The lowest BCUT2D eigenvalue weighted by Gasteiger charge is -2.21. The molecule has 1 aromatic rings. The van der Waals surface area contributed by atoms with Crippen LogP contribution in [0.25, 0.3) is 0 Å². The number of rotatable bonds is 9. The van der Waals surface area contributed by atoms with Crippen LogP contribution in [-0.4, -0.2) is 44.1 Å². The molecule has 2 N–H and O–H groups in total. The minimum absolute atomic E-state index is 0. The van der Waals surface area contributed by atoms with Crippen molar-refractivity contribution < 1.29 is 4.79 Å². The lowest BCUT2D eigenvalue weighted by molar-refractivity contribution is 0.0953. The molecule has 128 valence electrons. The Hall–Kier alpha value is -1.04. The van der Waals surface area contributed by atoms with Gasteiger partial charge in [-0.15, -0.1) is 24.8 Å². The zero-order valence-electron chi connectivity index (χ0n) is 13.6. The predicted octanol–water partition coefficient (Wildman–Crippen LogP) is 2.50. The molecule has 0 atom stereocenters. The summed E-state index contributed by atoms with van der Waals surface area (Å²) in [6.07, 6.45) is 3.66. The van der Waals surface area contributed by atoms with Crippen molar-refractivity contribution in [2.24, 2.45) is 0 Å². The Morgan fingerprint density at radius 2 is 1.95 bits per heavy atom. The summed E-state index contributed by atoms with van der Waals surface area (Å²) in [5.41, 5.74) is 0.616. The zero-order valence-corrected chi connectivity index (χ0v) is 15.2. The monoisotopic (exact) mass is 350 g/mol. The van der Waals surface area contributed by atoms with Crippen molar-refractivity contribution in [2.75, 3.05) is 38.1 Å². The van der Waals surface area contributed by atoms with E-state index in [-0.39, 0.29) is 30.7 Å². The van der Waals surface area contributed by atoms with Crippen molar-refractivity contribution in [3.63, 3.8) is 0 Å². The van der Waals surface area contributed by atoms with E-state index in [9.17, 15) is 4.79 Å². The van der Waals surface area contributed by atoms with Crippen LogP contribution in [0.15, 0.2) is 18.3 Å². The maximum absolute atomic E-state index is 11.9. The van der Waals surface area contributed by atoms with Crippen LogP contribution in [0.5, 0.6) is 0 Å². The average molecular weight is 351 g/mol. The number of nitrogens with one attached hydrogen (secondary N) is 2. The first kappa shape index (κ1) is 23.2. The van der Waals surface area contributed by atoms with Gasteiger partial charge in [-0.1, -0.05) is 6.92 Å². The summed E-state index contributed by atoms with van der Waals surface area (Å²) in [5.74, 6) is 0.875. The molecule has 1 amide bonds. The van der Waals surface area contributed by atoms with Crippen LogP contribution >= 0.6 is 24.8 Å². The smallest absolute Gasteiger partial charge is 0.252 e. The number of nitrogens with zero attached hydrogens (tertiary/aromatic N) is 2. The summed E-state index contributed by atoms with van der Waals surface area (Å²) >= 11 is 0. The van der Waals surface area contributed by atoms with Crippen molar-refractivity contribution >= 4 is 36.5 Å². The van der Waals surface area contributed by atoms with Gasteiger partial charge < -0.3 is 15.5 Å². The van der Waals surface area contributed by atoms with Crippen LogP contribution < -0.4 is 15.5 Å². The Morgan fingerprint density at radius 3 is 2.45 bits per heavy atom. The number of anilines is 1. The van der Waals surface area contributed by atoms with E-state index in [4.69, 9.17) is 0 Å². The summed E-state index contributed by atoms with van der Waals surface area (Å²) in [6.45, 7) is 7.75. The van der Waals surface area contributed by atoms with Crippen molar-refractivity contribution in [3.8, 4) is 0 Å². The van der Waals surface area contributed by atoms with Gasteiger partial charge in [0.15, 0.2) is 0 Å². The predicted molar refractivity (Wildman–Crippen MR) is 97.8 cm³/mol. The van der Waals surface area contributed by atoms with Gasteiger partial charge in [-0.25, -0.2) is 4.98 Å². The topological polar surface area (TPSA) is 57.3 Å². The normalized spacial score (nSPS) is 9.41. The second kappa shape index (κ2) is 13.6. The number of amides is 1. The molecule has 7 heteroatoms. The number of pyridine rings is 1. The number of hydrogen-bond acceptors (Lipinski definition) is 4. The van der Waals surface area contributed by atoms with Crippen molar-refractivity contribution in [2.45, 2.75) is 26.7 Å². The molecule has 5 nitrogen and oxygen atoms in total. The number of aromatic nitrogens is 1. The third-order valence-electron chi connectivity index (χ3n) is 3.10. The van der Waals surface area contributed by atoms with Gasteiger partial charge in [0.1, 0.15) is 5.82 Å². The van der Waals surface area contributed by atoms with Crippen LogP contribution in [-0.2, 0) is 0 Å². The molecule has 1 heterocycles. The highest BCUT2D eigenvalue weighted by Gasteiger charge is 2.08. The summed E-state index contributed by atoms with van der Waals surface area (Å²) < 4.78 is 0. The first-order valence-corrected chi connectivity index (χ1v) is 7.36.